The molecule has 0 atom stereocenters. The van der Waals surface area contributed by atoms with E-state index in [2.05, 4.69) is 9.97 Å². The van der Waals surface area contributed by atoms with E-state index in [1.807, 2.05) is 54.6 Å². The number of carboxylic acids is 1. The highest BCUT2D eigenvalue weighted by Gasteiger charge is 2.06. The first-order chi connectivity index (χ1) is 14.2. The van der Waals surface area contributed by atoms with Crippen LogP contribution in [-0.2, 0) is 6.61 Å². The highest BCUT2D eigenvalue weighted by molar-refractivity contribution is 5.88. The molecule has 0 aliphatic rings. The molecule has 0 radical (unpaired) electrons. The summed E-state index contributed by atoms with van der Waals surface area (Å²) in [5, 5.41) is 8.99. The summed E-state index contributed by atoms with van der Waals surface area (Å²) in [5.74, 6) is 0.456. The van der Waals surface area contributed by atoms with Crippen LogP contribution in [0, 0.1) is 0 Å². The number of benzene rings is 3. The first-order valence-corrected chi connectivity index (χ1v) is 9.12. The van der Waals surface area contributed by atoms with Crippen molar-refractivity contribution < 1.29 is 14.6 Å². The third-order valence-corrected chi connectivity index (χ3v) is 4.48. The number of carboxylic acid groups (broad SMARTS) is 1. The highest BCUT2D eigenvalue weighted by Crippen LogP contribution is 2.23. The molecule has 142 valence electrons. The fraction of sp³-hybridized carbons (Fsp3) is 0.0417. The Labute approximate surface area is 168 Å². The molecule has 29 heavy (non-hydrogen) atoms. The summed E-state index contributed by atoms with van der Waals surface area (Å²) in [6.07, 6.45) is 3.47. The van der Waals surface area contributed by atoms with Crippen LogP contribution in [0.5, 0.6) is 5.75 Å². The second kappa shape index (κ2) is 8.35. The van der Waals surface area contributed by atoms with E-state index in [9.17, 15) is 4.79 Å². The van der Waals surface area contributed by atoms with Gasteiger partial charge in [-0.05, 0) is 47.5 Å². The number of hydrogen-bond donors (Lipinski definition) is 1. The van der Waals surface area contributed by atoms with Crippen molar-refractivity contribution in [1.29, 1.82) is 0 Å². The zero-order chi connectivity index (χ0) is 20.1. The minimum absolute atomic E-state index is 0.251. The molecule has 1 N–H and O–H groups in total. The second-order valence-electron chi connectivity index (χ2n) is 6.48. The van der Waals surface area contributed by atoms with Crippen molar-refractivity contribution in [3.8, 4) is 28.3 Å². The predicted octanol–water partition coefficient (Wildman–Crippen LogP) is 5.09. The zero-order valence-electron chi connectivity index (χ0n) is 15.5. The molecule has 1 heterocycles. The van der Waals surface area contributed by atoms with Crippen LogP contribution in [0.1, 0.15) is 15.9 Å². The van der Waals surface area contributed by atoms with E-state index in [1.54, 1.807) is 36.7 Å². The van der Waals surface area contributed by atoms with Gasteiger partial charge in [0.25, 0.3) is 0 Å². The Bertz CT molecular complexity index is 1090. The summed E-state index contributed by atoms with van der Waals surface area (Å²) in [5.41, 5.74) is 3.96. The molecule has 4 rings (SSSR count). The summed E-state index contributed by atoms with van der Waals surface area (Å²) in [7, 11) is 0. The van der Waals surface area contributed by atoms with Crippen LogP contribution < -0.4 is 4.74 Å². The molecule has 0 spiro atoms. The van der Waals surface area contributed by atoms with Crippen LogP contribution >= 0.6 is 0 Å². The van der Waals surface area contributed by atoms with Crippen molar-refractivity contribution in [1.82, 2.24) is 9.97 Å². The average molecular weight is 382 g/mol. The molecule has 0 fully saturated rings. The Morgan fingerprint density at radius 2 is 1.38 bits per heavy atom. The van der Waals surface area contributed by atoms with Gasteiger partial charge >= 0.3 is 5.97 Å². The van der Waals surface area contributed by atoms with E-state index in [0.29, 0.717) is 12.4 Å². The third kappa shape index (κ3) is 4.47. The van der Waals surface area contributed by atoms with Crippen molar-refractivity contribution in [2.75, 3.05) is 0 Å². The maximum atomic E-state index is 11.0. The molecule has 0 saturated carbocycles. The maximum Gasteiger partial charge on any atom is 0.335 e. The van der Waals surface area contributed by atoms with Crippen LogP contribution in [0.25, 0.3) is 22.5 Å². The molecule has 0 aliphatic carbocycles. The first kappa shape index (κ1) is 18.4. The fourth-order valence-electron chi connectivity index (χ4n) is 2.87. The van der Waals surface area contributed by atoms with Gasteiger partial charge in [0.2, 0.25) is 0 Å². The Morgan fingerprint density at radius 1 is 0.759 bits per heavy atom. The second-order valence-corrected chi connectivity index (χ2v) is 6.48. The van der Waals surface area contributed by atoms with E-state index < -0.39 is 5.97 Å². The van der Waals surface area contributed by atoms with E-state index >= 15 is 0 Å². The molecule has 0 amide bonds. The van der Waals surface area contributed by atoms with Crippen molar-refractivity contribution in [3.05, 3.63) is 102 Å². The van der Waals surface area contributed by atoms with Crippen LogP contribution in [0.15, 0.2) is 91.3 Å². The molecular formula is C24H18N2O3. The zero-order valence-corrected chi connectivity index (χ0v) is 15.5. The van der Waals surface area contributed by atoms with E-state index in [4.69, 9.17) is 9.84 Å². The lowest BCUT2D eigenvalue weighted by Crippen LogP contribution is -1.96. The van der Waals surface area contributed by atoms with E-state index in [-0.39, 0.29) is 5.56 Å². The summed E-state index contributed by atoms with van der Waals surface area (Å²) < 4.78 is 5.80. The van der Waals surface area contributed by atoms with Gasteiger partial charge in [0.15, 0.2) is 5.82 Å². The molecule has 5 nitrogen and oxygen atoms in total. The number of aromatic nitrogens is 2. The van der Waals surface area contributed by atoms with Crippen molar-refractivity contribution in [3.63, 3.8) is 0 Å². The SMILES string of the molecule is O=C(O)c1ccc(-c2cnc(-c3ccc(OCc4ccccc4)cc3)nc2)cc1. The van der Waals surface area contributed by atoms with Gasteiger partial charge in [0, 0.05) is 23.5 Å². The number of nitrogens with zero attached hydrogens (tertiary/aromatic N) is 2. The lowest BCUT2D eigenvalue weighted by Gasteiger charge is -2.07. The molecule has 1 aromatic heterocycles. The smallest absolute Gasteiger partial charge is 0.335 e. The van der Waals surface area contributed by atoms with Crippen LogP contribution in [-0.4, -0.2) is 21.0 Å². The monoisotopic (exact) mass is 382 g/mol. The highest BCUT2D eigenvalue weighted by atomic mass is 16.5. The van der Waals surface area contributed by atoms with Gasteiger partial charge < -0.3 is 9.84 Å². The van der Waals surface area contributed by atoms with Gasteiger partial charge in [-0.15, -0.1) is 0 Å². The van der Waals surface area contributed by atoms with Gasteiger partial charge in [-0.25, -0.2) is 14.8 Å². The van der Waals surface area contributed by atoms with Crippen LogP contribution in [0.4, 0.5) is 0 Å². The van der Waals surface area contributed by atoms with Crippen LogP contribution in [0.3, 0.4) is 0 Å². The van der Waals surface area contributed by atoms with E-state index in [1.165, 1.54) is 0 Å². The van der Waals surface area contributed by atoms with Gasteiger partial charge in [0.1, 0.15) is 12.4 Å². The predicted molar refractivity (Wildman–Crippen MR) is 111 cm³/mol. The lowest BCUT2D eigenvalue weighted by atomic mass is 10.1. The number of hydrogen-bond acceptors (Lipinski definition) is 4. The van der Waals surface area contributed by atoms with Crippen molar-refractivity contribution in [2.45, 2.75) is 6.61 Å². The normalized spacial score (nSPS) is 10.5. The topological polar surface area (TPSA) is 72.3 Å². The van der Waals surface area contributed by atoms with Crippen LogP contribution in [0.2, 0.25) is 0 Å². The number of ether oxygens (including phenoxy) is 1. The Hall–Kier alpha value is -3.99. The Morgan fingerprint density at radius 3 is 2.00 bits per heavy atom. The van der Waals surface area contributed by atoms with Gasteiger partial charge in [-0.3, -0.25) is 0 Å². The summed E-state index contributed by atoms with van der Waals surface area (Å²) in [6.45, 7) is 0.520. The Balaban J connectivity index is 1.44. The number of carbonyl (C=O) groups is 1. The standard InChI is InChI=1S/C24H18N2O3/c27-24(28)20-8-6-18(7-9-20)21-14-25-23(26-15-21)19-10-12-22(13-11-19)29-16-17-4-2-1-3-5-17/h1-15H,16H2,(H,27,28). The summed E-state index contributed by atoms with van der Waals surface area (Å²) in [4.78, 5) is 19.8. The molecule has 5 heteroatoms. The number of aromatic carboxylic acids is 1. The molecule has 4 aromatic rings. The van der Waals surface area contributed by atoms with E-state index in [0.717, 1.165) is 28.0 Å². The first-order valence-electron chi connectivity index (χ1n) is 9.12. The minimum atomic E-state index is -0.945. The maximum absolute atomic E-state index is 11.0. The molecule has 0 unspecified atom stereocenters. The minimum Gasteiger partial charge on any atom is -0.489 e. The summed E-state index contributed by atoms with van der Waals surface area (Å²) in [6, 6.07) is 24.3. The molecular weight excluding hydrogens is 364 g/mol. The molecule has 3 aromatic carbocycles. The molecule has 0 bridgehead atoms. The van der Waals surface area contributed by atoms with Gasteiger partial charge in [-0.1, -0.05) is 42.5 Å². The fourth-order valence-corrected chi connectivity index (χ4v) is 2.87. The van der Waals surface area contributed by atoms with Gasteiger partial charge in [0.05, 0.1) is 5.56 Å². The average Bonchev–Trinajstić information content (AvgIpc) is 2.79. The lowest BCUT2D eigenvalue weighted by molar-refractivity contribution is 0.0697. The molecule has 0 saturated heterocycles. The number of rotatable bonds is 6. The largest absolute Gasteiger partial charge is 0.489 e. The Kier molecular flexibility index (Phi) is 5.29. The summed E-state index contributed by atoms with van der Waals surface area (Å²) >= 11 is 0. The third-order valence-electron chi connectivity index (χ3n) is 4.48. The molecule has 0 aliphatic heterocycles. The van der Waals surface area contributed by atoms with Crippen molar-refractivity contribution in [2.24, 2.45) is 0 Å². The van der Waals surface area contributed by atoms with Gasteiger partial charge in [-0.2, -0.15) is 0 Å². The van der Waals surface area contributed by atoms with Crippen molar-refractivity contribution >= 4 is 5.97 Å². The quantitative estimate of drug-likeness (QED) is 0.503.